The van der Waals surface area contributed by atoms with Crippen LogP contribution >= 0.6 is 15.9 Å². The van der Waals surface area contributed by atoms with E-state index in [1.54, 1.807) is 23.0 Å². The second-order valence-corrected chi connectivity index (χ2v) is 4.39. The van der Waals surface area contributed by atoms with Gasteiger partial charge < -0.3 is 5.32 Å². The number of aryl methyl sites for hydroxylation is 1. The van der Waals surface area contributed by atoms with E-state index in [2.05, 4.69) is 31.3 Å². The maximum atomic E-state index is 11.7. The summed E-state index contributed by atoms with van der Waals surface area (Å²) in [5, 5.41) is 6.83. The van der Waals surface area contributed by atoms with Crippen LogP contribution in [0.5, 0.6) is 0 Å². The number of halogens is 1. The Morgan fingerprint density at radius 3 is 2.88 bits per heavy atom. The number of aromatic nitrogens is 3. The summed E-state index contributed by atoms with van der Waals surface area (Å²) in [6.07, 6.45) is 5.11. The molecule has 0 atom stereocenters. The molecule has 2 heterocycles. The number of amides is 1. The minimum Gasteiger partial charge on any atom is -0.348 e. The smallest absolute Gasteiger partial charge is 0.253 e. The number of carbonyl (C=O) groups is 1. The first kappa shape index (κ1) is 11.8. The molecule has 2 rings (SSSR count). The zero-order valence-electron chi connectivity index (χ0n) is 9.22. The Balaban J connectivity index is 1.95. The molecule has 2 aromatic heterocycles. The second-order valence-electron chi connectivity index (χ2n) is 3.57. The van der Waals surface area contributed by atoms with E-state index in [1.165, 1.54) is 6.20 Å². The third-order valence-corrected chi connectivity index (χ3v) is 2.67. The molecule has 0 saturated heterocycles. The first-order valence-electron chi connectivity index (χ1n) is 5.02. The maximum Gasteiger partial charge on any atom is 0.253 e. The van der Waals surface area contributed by atoms with Crippen LogP contribution < -0.4 is 5.32 Å². The van der Waals surface area contributed by atoms with E-state index in [9.17, 15) is 4.79 Å². The van der Waals surface area contributed by atoms with E-state index < -0.39 is 0 Å². The molecule has 0 fully saturated rings. The monoisotopic (exact) mass is 294 g/mol. The van der Waals surface area contributed by atoms with Crippen LogP contribution in [0.1, 0.15) is 15.9 Å². The molecule has 0 aromatic carbocycles. The second kappa shape index (κ2) is 5.09. The van der Waals surface area contributed by atoms with E-state index in [0.29, 0.717) is 16.7 Å². The van der Waals surface area contributed by atoms with Crippen molar-refractivity contribution in [1.82, 2.24) is 20.1 Å². The fourth-order valence-corrected chi connectivity index (χ4v) is 1.59. The van der Waals surface area contributed by atoms with Crippen LogP contribution in [0.3, 0.4) is 0 Å². The van der Waals surface area contributed by atoms with Crippen LogP contribution in [0.15, 0.2) is 35.3 Å². The molecule has 2 aromatic rings. The fraction of sp³-hybridized carbons (Fsp3) is 0.182. The van der Waals surface area contributed by atoms with Crippen LogP contribution in [-0.4, -0.2) is 20.7 Å². The summed E-state index contributed by atoms with van der Waals surface area (Å²) in [6.45, 7) is 0.461. The molecule has 0 aliphatic rings. The van der Waals surface area contributed by atoms with Gasteiger partial charge in [0.2, 0.25) is 0 Å². The van der Waals surface area contributed by atoms with Gasteiger partial charge in [0.05, 0.1) is 11.8 Å². The highest BCUT2D eigenvalue weighted by Gasteiger charge is 2.05. The highest BCUT2D eigenvalue weighted by molar-refractivity contribution is 9.10. The number of pyridine rings is 1. The summed E-state index contributed by atoms with van der Waals surface area (Å²) in [4.78, 5) is 15.7. The standard InChI is InChI=1S/C11H11BrN4O/c1-16-7-8(5-15-16)4-14-11(17)9-2-3-10(12)13-6-9/h2-3,5-7H,4H2,1H3,(H,14,17). The van der Waals surface area contributed by atoms with Crippen LogP contribution in [-0.2, 0) is 13.6 Å². The van der Waals surface area contributed by atoms with Gasteiger partial charge in [0, 0.05) is 31.5 Å². The normalized spacial score (nSPS) is 10.2. The van der Waals surface area contributed by atoms with Gasteiger partial charge in [-0.3, -0.25) is 9.48 Å². The number of carbonyl (C=O) groups excluding carboxylic acids is 1. The minimum absolute atomic E-state index is 0.145. The molecule has 88 valence electrons. The van der Waals surface area contributed by atoms with E-state index in [4.69, 9.17) is 0 Å². The molecule has 1 amide bonds. The lowest BCUT2D eigenvalue weighted by Crippen LogP contribution is -2.22. The zero-order valence-corrected chi connectivity index (χ0v) is 10.8. The van der Waals surface area contributed by atoms with Crippen molar-refractivity contribution >= 4 is 21.8 Å². The topological polar surface area (TPSA) is 59.8 Å². The van der Waals surface area contributed by atoms with Crippen molar-refractivity contribution < 1.29 is 4.79 Å². The summed E-state index contributed by atoms with van der Waals surface area (Å²) in [7, 11) is 1.84. The van der Waals surface area contributed by atoms with Crippen molar-refractivity contribution in [2.75, 3.05) is 0 Å². The van der Waals surface area contributed by atoms with Gasteiger partial charge in [-0.2, -0.15) is 5.10 Å². The summed E-state index contributed by atoms with van der Waals surface area (Å²) < 4.78 is 2.41. The Morgan fingerprint density at radius 1 is 1.47 bits per heavy atom. The average Bonchev–Trinajstić information content (AvgIpc) is 2.73. The van der Waals surface area contributed by atoms with Crippen molar-refractivity contribution in [1.29, 1.82) is 0 Å². The molecular weight excluding hydrogens is 284 g/mol. The highest BCUT2D eigenvalue weighted by Crippen LogP contribution is 2.06. The van der Waals surface area contributed by atoms with Gasteiger partial charge in [-0.15, -0.1) is 0 Å². The van der Waals surface area contributed by atoms with Crippen LogP contribution in [0, 0.1) is 0 Å². The first-order valence-corrected chi connectivity index (χ1v) is 5.82. The average molecular weight is 295 g/mol. The van der Waals surface area contributed by atoms with Crippen LogP contribution in [0.4, 0.5) is 0 Å². The third kappa shape index (κ3) is 3.13. The van der Waals surface area contributed by atoms with Crippen molar-refractivity contribution in [3.05, 3.63) is 46.5 Å². The van der Waals surface area contributed by atoms with Gasteiger partial charge in [-0.1, -0.05) is 0 Å². The van der Waals surface area contributed by atoms with Crippen molar-refractivity contribution in [2.24, 2.45) is 7.05 Å². The number of rotatable bonds is 3. The highest BCUT2D eigenvalue weighted by atomic mass is 79.9. The van der Waals surface area contributed by atoms with Gasteiger partial charge in [0.15, 0.2) is 0 Å². The molecular formula is C11H11BrN4O. The number of hydrogen-bond acceptors (Lipinski definition) is 3. The lowest BCUT2D eigenvalue weighted by Gasteiger charge is -2.02. The maximum absolute atomic E-state index is 11.7. The summed E-state index contributed by atoms with van der Waals surface area (Å²) >= 11 is 3.22. The molecule has 5 nitrogen and oxygen atoms in total. The molecule has 0 saturated carbocycles. The number of nitrogens with one attached hydrogen (secondary N) is 1. The molecule has 17 heavy (non-hydrogen) atoms. The third-order valence-electron chi connectivity index (χ3n) is 2.20. The van der Waals surface area contributed by atoms with Crippen molar-refractivity contribution in [2.45, 2.75) is 6.54 Å². The van der Waals surface area contributed by atoms with Crippen LogP contribution in [0.2, 0.25) is 0 Å². The zero-order chi connectivity index (χ0) is 12.3. The van der Waals surface area contributed by atoms with E-state index in [0.717, 1.165) is 5.56 Å². The van der Waals surface area contributed by atoms with Gasteiger partial charge in [0.25, 0.3) is 5.91 Å². The molecule has 0 aliphatic carbocycles. The fourth-order valence-electron chi connectivity index (χ4n) is 1.36. The lowest BCUT2D eigenvalue weighted by molar-refractivity contribution is 0.0950. The Kier molecular flexibility index (Phi) is 3.53. The first-order chi connectivity index (χ1) is 8.15. The summed E-state index contributed by atoms with van der Waals surface area (Å²) in [5.74, 6) is -0.145. The Bertz CT molecular complexity index is 521. The SMILES string of the molecule is Cn1cc(CNC(=O)c2ccc(Br)nc2)cn1. The van der Waals surface area contributed by atoms with E-state index >= 15 is 0 Å². The lowest BCUT2D eigenvalue weighted by atomic mass is 10.2. The number of nitrogens with zero attached hydrogens (tertiary/aromatic N) is 3. The summed E-state index contributed by atoms with van der Waals surface area (Å²) in [5.41, 5.74) is 1.50. The van der Waals surface area contributed by atoms with E-state index in [1.807, 2.05) is 13.2 Å². The molecule has 0 aliphatic heterocycles. The molecule has 0 unspecified atom stereocenters. The van der Waals surface area contributed by atoms with E-state index in [-0.39, 0.29) is 5.91 Å². The van der Waals surface area contributed by atoms with Gasteiger partial charge >= 0.3 is 0 Å². The molecule has 0 radical (unpaired) electrons. The largest absolute Gasteiger partial charge is 0.348 e. The molecule has 0 bridgehead atoms. The Morgan fingerprint density at radius 2 is 2.29 bits per heavy atom. The van der Waals surface area contributed by atoms with Crippen LogP contribution in [0.25, 0.3) is 0 Å². The Labute approximate surface area is 107 Å². The molecule has 1 N–H and O–H groups in total. The van der Waals surface area contributed by atoms with Gasteiger partial charge in [-0.25, -0.2) is 4.98 Å². The predicted molar refractivity (Wildman–Crippen MR) is 66.3 cm³/mol. The van der Waals surface area contributed by atoms with Gasteiger partial charge in [0.1, 0.15) is 4.60 Å². The quantitative estimate of drug-likeness (QED) is 0.873. The van der Waals surface area contributed by atoms with Crippen molar-refractivity contribution in [3.8, 4) is 0 Å². The molecule has 6 heteroatoms. The predicted octanol–water partition coefficient (Wildman–Crippen LogP) is 1.51. The molecule has 0 spiro atoms. The van der Waals surface area contributed by atoms with Crippen molar-refractivity contribution in [3.63, 3.8) is 0 Å². The number of hydrogen-bond donors (Lipinski definition) is 1. The van der Waals surface area contributed by atoms with Gasteiger partial charge in [-0.05, 0) is 28.1 Å². The summed E-state index contributed by atoms with van der Waals surface area (Å²) in [6, 6.07) is 3.45. The minimum atomic E-state index is -0.145. The Hall–Kier alpha value is -1.69.